The molecule has 2 bridgehead atoms. The van der Waals surface area contributed by atoms with E-state index in [1.54, 1.807) is 0 Å². The van der Waals surface area contributed by atoms with E-state index in [-0.39, 0.29) is 11.8 Å². The Labute approximate surface area is 123 Å². The lowest BCUT2D eigenvalue weighted by Crippen LogP contribution is -2.76. The molecule has 2 aliphatic carbocycles. The maximum absolute atomic E-state index is 12.5. The Hall–Kier alpha value is -1.39. The molecule has 1 saturated carbocycles. The molecule has 0 amide bonds. The van der Waals surface area contributed by atoms with Gasteiger partial charge in [-0.1, -0.05) is 12.1 Å². The summed E-state index contributed by atoms with van der Waals surface area (Å²) in [6, 6.07) is 4.26. The van der Waals surface area contributed by atoms with E-state index in [4.69, 9.17) is 4.74 Å². The van der Waals surface area contributed by atoms with Crippen LogP contribution < -0.4 is 10.1 Å². The summed E-state index contributed by atoms with van der Waals surface area (Å²) >= 11 is 0. The molecule has 1 spiro atoms. The number of hydrogen-bond donors (Lipinski definition) is 2. The van der Waals surface area contributed by atoms with Gasteiger partial charge < -0.3 is 15.2 Å². The fourth-order valence-electron chi connectivity index (χ4n) is 5.37. The summed E-state index contributed by atoms with van der Waals surface area (Å²) in [5.74, 6) is 1.02. The van der Waals surface area contributed by atoms with Gasteiger partial charge in [-0.2, -0.15) is 0 Å². The first kappa shape index (κ1) is 12.2. The summed E-state index contributed by atoms with van der Waals surface area (Å²) in [4.78, 5) is 12.5. The molecule has 4 atom stereocenters. The molecule has 2 fully saturated rings. The summed E-state index contributed by atoms with van der Waals surface area (Å²) in [5, 5.41) is 15.0. The van der Waals surface area contributed by atoms with Gasteiger partial charge in [0, 0.05) is 18.0 Å². The van der Waals surface area contributed by atoms with Gasteiger partial charge in [-0.3, -0.25) is 4.79 Å². The summed E-state index contributed by atoms with van der Waals surface area (Å²) in [6.45, 7) is 2.87. The highest BCUT2D eigenvalue weighted by Gasteiger charge is 2.71. The molecule has 21 heavy (non-hydrogen) atoms. The Morgan fingerprint density at radius 1 is 1.38 bits per heavy atom. The van der Waals surface area contributed by atoms with Gasteiger partial charge in [0.25, 0.3) is 0 Å². The first-order valence-electron chi connectivity index (χ1n) is 7.86. The summed E-state index contributed by atoms with van der Waals surface area (Å²) < 4.78 is 6.15. The second kappa shape index (κ2) is 3.50. The first-order valence-corrected chi connectivity index (χ1v) is 7.86. The Kier molecular flexibility index (Phi) is 2.03. The van der Waals surface area contributed by atoms with Gasteiger partial charge in [-0.15, -0.1) is 0 Å². The van der Waals surface area contributed by atoms with Crippen molar-refractivity contribution in [3.63, 3.8) is 0 Å². The Morgan fingerprint density at radius 3 is 3.10 bits per heavy atom. The van der Waals surface area contributed by atoms with Crippen LogP contribution in [0.2, 0.25) is 0 Å². The van der Waals surface area contributed by atoms with Gasteiger partial charge in [0.05, 0.1) is 11.0 Å². The lowest BCUT2D eigenvalue weighted by molar-refractivity contribution is -0.166. The van der Waals surface area contributed by atoms with E-state index >= 15 is 0 Å². The summed E-state index contributed by atoms with van der Waals surface area (Å²) in [5.41, 5.74) is 2.09. The fourth-order valence-corrected chi connectivity index (χ4v) is 5.37. The zero-order valence-electron chi connectivity index (χ0n) is 12.1. The molecule has 0 unspecified atom stereocenters. The average molecular weight is 285 g/mol. The molecule has 1 saturated heterocycles. The van der Waals surface area contributed by atoms with Gasteiger partial charge in [0.2, 0.25) is 0 Å². The molecular weight excluding hydrogens is 266 g/mol. The molecule has 2 aliphatic heterocycles. The van der Waals surface area contributed by atoms with Crippen LogP contribution in [0.5, 0.6) is 5.75 Å². The number of rotatable bonds is 0. The molecule has 2 N–H and O–H groups in total. The van der Waals surface area contributed by atoms with Crippen LogP contribution in [0.25, 0.3) is 0 Å². The van der Waals surface area contributed by atoms with E-state index in [0.717, 1.165) is 36.3 Å². The van der Waals surface area contributed by atoms with E-state index in [2.05, 4.69) is 17.4 Å². The zero-order valence-corrected chi connectivity index (χ0v) is 12.1. The van der Waals surface area contributed by atoms with Crippen molar-refractivity contribution >= 4 is 5.78 Å². The molecule has 5 rings (SSSR count). The maximum Gasteiger partial charge on any atom is 0.174 e. The van der Waals surface area contributed by atoms with Gasteiger partial charge in [-0.05, 0) is 43.9 Å². The number of benzene rings is 1. The molecule has 2 heterocycles. The van der Waals surface area contributed by atoms with Crippen molar-refractivity contribution in [1.29, 1.82) is 0 Å². The standard InChI is InChI=1S/C17H19NO3/c1-9-2-3-10-8-12-17(20)5-4-11(19)15-16(17,6-7-18-12)13(10)14(9)21-15/h2-3,12,15,18,20H,4-8H2,1H3/t12-,15+,16+,17-/m1/s1. The van der Waals surface area contributed by atoms with Gasteiger partial charge in [0.15, 0.2) is 11.9 Å². The van der Waals surface area contributed by atoms with Crippen LogP contribution in [0.15, 0.2) is 12.1 Å². The third-order valence-electron chi connectivity index (χ3n) is 6.30. The topological polar surface area (TPSA) is 58.6 Å². The minimum absolute atomic E-state index is 0.0339. The van der Waals surface area contributed by atoms with E-state index in [1.165, 1.54) is 5.56 Å². The van der Waals surface area contributed by atoms with Crippen molar-refractivity contribution in [2.75, 3.05) is 6.54 Å². The van der Waals surface area contributed by atoms with E-state index in [0.29, 0.717) is 12.8 Å². The lowest BCUT2D eigenvalue weighted by atomic mass is 9.49. The largest absolute Gasteiger partial charge is 0.481 e. The summed E-state index contributed by atoms with van der Waals surface area (Å²) in [6.07, 6.45) is 2.08. The van der Waals surface area contributed by atoms with Crippen molar-refractivity contribution in [3.8, 4) is 5.75 Å². The molecular formula is C17H19NO3. The molecule has 1 aromatic carbocycles. The minimum atomic E-state index is -0.851. The minimum Gasteiger partial charge on any atom is -0.481 e. The second-order valence-corrected chi connectivity index (χ2v) is 7.07. The number of aliphatic hydroxyl groups is 1. The third-order valence-corrected chi connectivity index (χ3v) is 6.30. The number of hydrogen-bond acceptors (Lipinski definition) is 4. The van der Waals surface area contributed by atoms with E-state index in [1.807, 2.05) is 6.92 Å². The number of ketones is 1. The summed E-state index contributed by atoms with van der Waals surface area (Å²) in [7, 11) is 0. The quantitative estimate of drug-likeness (QED) is 0.747. The highest BCUT2D eigenvalue weighted by molar-refractivity contribution is 5.89. The number of ether oxygens (including phenoxy) is 1. The average Bonchev–Trinajstić information content (AvgIpc) is 2.80. The van der Waals surface area contributed by atoms with E-state index in [9.17, 15) is 9.90 Å². The molecule has 0 aromatic heterocycles. The number of carbonyl (C=O) groups excluding carboxylic acids is 1. The van der Waals surface area contributed by atoms with Crippen LogP contribution in [-0.2, 0) is 16.6 Å². The Balaban J connectivity index is 1.89. The highest BCUT2D eigenvalue weighted by atomic mass is 16.5. The van der Waals surface area contributed by atoms with Crippen molar-refractivity contribution in [2.45, 2.75) is 55.8 Å². The van der Waals surface area contributed by atoms with Gasteiger partial charge in [-0.25, -0.2) is 0 Å². The second-order valence-electron chi connectivity index (χ2n) is 7.07. The van der Waals surface area contributed by atoms with Crippen LogP contribution >= 0.6 is 0 Å². The van der Waals surface area contributed by atoms with E-state index < -0.39 is 17.1 Å². The van der Waals surface area contributed by atoms with Gasteiger partial charge in [0.1, 0.15) is 5.75 Å². The van der Waals surface area contributed by atoms with Crippen LogP contribution in [0.1, 0.15) is 36.0 Å². The highest BCUT2D eigenvalue weighted by Crippen LogP contribution is 2.62. The van der Waals surface area contributed by atoms with Crippen molar-refractivity contribution in [1.82, 2.24) is 5.32 Å². The molecule has 0 radical (unpaired) electrons. The van der Waals surface area contributed by atoms with Crippen LogP contribution in [-0.4, -0.2) is 35.2 Å². The van der Waals surface area contributed by atoms with Crippen molar-refractivity contribution in [3.05, 3.63) is 28.8 Å². The molecule has 4 nitrogen and oxygen atoms in total. The predicted molar refractivity (Wildman–Crippen MR) is 76.6 cm³/mol. The number of piperidine rings is 1. The third kappa shape index (κ3) is 1.12. The van der Waals surface area contributed by atoms with Crippen molar-refractivity contribution < 1.29 is 14.6 Å². The SMILES string of the molecule is Cc1ccc2c3c1O[C@H]1C(=O)CC[C@@]4(O)[C@@H](C2)NCC[C@]314. The zero-order chi connectivity index (χ0) is 14.4. The lowest BCUT2D eigenvalue weighted by Gasteiger charge is -2.59. The fraction of sp³-hybridized carbons (Fsp3) is 0.588. The first-order chi connectivity index (χ1) is 10.1. The Morgan fingerprint density at radius 2 is 2.24 bits per heavy atom. The molecule has 110 valence electrons. The number of carbonyl (C=O) groups is 1. The Bertz CT molecular complexity index is 685. The van der Waals surface area contributed by atoms with Crippen LogP contribution in [0.4, 0.5) is 0 Å². The molecule has 1 aromatic rings. The monoisotopic (exact) mass is 285 g/mol. The maximum atomic E-state index is 12.5. The van der Waals surface area contributed by atoms with Crippen LogP contribution in [0, 0.1) is 6.92 Å². The van der Waals surface area contributed by atoms with Crippen molar-refractivity contribution in [2.24, 2.45) is 0 Å². The smallest absolute Gasteiger partial charge is 0.174 e. The molecule has 4 heteroatoms. The van der Waals surface area contributed by atoms with Crippen LogP contribution in [0.3, 0.4) is 0 Å². The number of nitrogens with one attached hydrogen (secondary N) is 1. The molecule has 4 aliphatic rings. The predicted octanol–water partition coefficient (Wildman–Crippen LogP) is 1.01. The number of Topliss-reactive ketones (excluding diaryl/α,β-unsaturated/α-hetero) is 1. The normalized spacial score (nSPS) is 42.5. The van der Waals surface area contributed by atoms with Gasteiger partial charge >= 0.3 is 0 Å². The number of aryl methyl sites for hydroxylation is 1.